The molecule has 1 aromatic carbocycles. The summed E-state index contributed by atoms with van der Waals surface area (Å²) in [6.07, 6.45) is 1.85. The standard InChI is InChI=1S/C17H16ClNO2/c1-9-10(2)21-11(3)16(9)17(20)14-8-19(4)15-7-12(18)5-6-13(14)15/h5-8H,1-4H3. The van der Waals surface area contributed by atoms with Crippen LogP contribution in [0.2, 0.25) is 5.02 Å². The summed E-state index contributed by atoms with van der Waals surface area (Å²) >= 11 is 6.04. The van der Waals surface area contributed by atoms with E-state index in [2.05, 4.69) is 0 Å². The summed E-state index contributed by atoms with van der Waals surface area (Å²) in [5, 5.41) is 1.57. The fourth-order valence-corrected chi connectivity index (χ4v) is 2.97. The highest BCUT2D eigenvalue weighted by Crippen LogP contribution is 2.29. The van der Waals surface area contributed by atoms with Gasteiger partial charge in [0.05, 0.1) is 5.56 Å². The molecule has 21 heavy (non-hydrogen) atoms. The van der Waals surface area contributed by atoms with Crippen LogP contribution in [0.3, 0.4) is 0 Å². The zero-order valence-corrected chi connectivity index (χ0v) is 13.2. The maximum atomic E-state index is 12.9. The van der Waals surface area contributed by atoms with Gasteiger partial charge in [0.25, 0.3) is 0 Å². The predicted molar refractivity (Wildman–Crippen MR) is 84.3 cm³/mol. The highest BCUT2D eigenvalue weighted by Gasteiger charge is 2.23. The van der Waals surface area contributed by atoms with Gasteiger partial charge < -0.3 is 8.98 Å². The maximum absolute atomic E-state index is 12.9. The number of halogens is 1. The Hall–Kier alpha value is -2.00. The second-order valence-electron chi connectivity index (χ2n) is 5.36. The Labute approximate surface area is 128 Å². The van der Waals surface area contributed by atoms with Crippen molar-refractivity contribution in [2.24, 2.45) is 7.05 Å². The number of hydrogen-bond acceptors (Lipinski definition) is 2. The highest BCUT2D eigenvalue weighted by molar-refractivity contribution is 6.31. The molecule has 0 aliphatic heterocycles. The lowest BCUT2D eigenvalue weighted by atomic mass is 9.99. The van der Waals surface area contributed by atoms with E-state index in [0.717, 1.165) is 22.2 Å². The third-order valence-electron chi connectivity index (χ3n) is 3.99. The lowest BCUT2D eigenvalue weighted by molar-refractivity contribution is 0.103. The summed E-state index contributed by atoms with van der Waals surface area (Å²) in [6, 6.07) is 5.57. The Kier molecular flexibility index (Phi) is 3.18. The van der Waals surface area contributed by atoms with Crippen LogP contribution < -0.4 is 0 Å². The largest absolute Gasteiger partial charge is 0.466 e. The number of carbonyl (C=O) groups excluding carboxylic acids is 1. The summed E-state index contributed by atoms with van der Waals surface area (Å²) in [6.45, 7) is 5.62. The minimum atomic E-state index is -0.00484. The van der Waals surface area contributed by atoms with Gasteiger partial charge in [0.1, 0.15) is 11.5 Å². The number of rotatable bonds is 2. The van der Waals surface area contributed by atoms with Crippen LogP contribution in [0.1, 0.15) is 33.0 Å². The summed E-state index contributed by atoms with van der Waals surface area (Å²) in [4.78, 5) is 12.9. The molecular formula is C17H16ClNO2. The smallest absolute Gasteiger partial charge is 0.198 e. The Morgan fingerprint density at radius 3 is 2.52 bits per heavy atom. The van der Waals surface area contributed by atoms with E-state index in [4.69, 9.17) is 16.0 Å². The van der Waals surface area contributed by atoms with Crippen molar-refractivity contribution in [2.75, 3.05) is 0 Å². The minimum absolute atomic E-state index is 0.00484. The number of benzene rings is 1. The summed E-state index contributed by atoms with van der Waals surface area (Å²) in [7, 11) is 1.91. The third kappa shape index (κ3) is 2.09. The average molecular weight is 302 g/mol. The normalized spacial score (nSPS) is 11.3. The molecule has 0 amide bonds. The molecule has 0 aliphatic rings. The van der Waals surface area contributed by atoms with Gasteiger partial charge in [-0.15, -0.1) is 0 Å². The molecule has 2 heterocycles. The number of nitrogens with zero attached hydrogens (tertiary/aromatic N) is 1. The van der Waals surface area contributed by atoms with Crippen molar-refractivity contribution < 1.29 is 9.21 Å². The molecule has 0 atom stereocenters. The minimum Gasteiger partial charge on any atom is -0.466 e. The van der Waals surface area contributed by atoms with Crippen molar-refractivity contribution in [1.29, 1.82) is 0 Å². The highest BCUT2D eigenvalue weighted by atomic mass is 35.5. The number of furan rings is 1. The number of hydrogen-bond donors (Lipinski definition) is 0. The van der Waals surface area contributed by atoms with Crippen molar-refractivity contribution >= 4 is 28.3 Å². The van der Waals surface area contributed by atoms with Gasteiger partial charge in [-0.05, 0) is 32.9 Å². The number of aromatic nitrogens is 1. The van der Waals surface area contributed by atoms with Crippen LogP contribution in [-0.2, 0) is 7.05 Å². The molecule has 2 aromatic heterocycles. The van der Waals surface area contributed by atoms with Gasteiger partial charge in [-0.25, -0.2) is 0 Å². The molecule has 0 bridgehead atoms. The van der Waals surface area contributed by atoms with E-state index in [1.807, 2.05) is 50.7 Å². The molecule has 0 spiro atoms. The second kappa shape index (κ2) is 4.78. The molecule has 0 saturated heterocycles. The van der Waals surface area contributed by atoms with E-state index < -0.39 is 0 Å². The quantitative estimate of drug-likeness (QED) is 0.649. The first-order valence-corrected chi connectivity index (χ1v) is 7.14. The summed E-state index contributed by atoms with van der Waals surface area (Å²) in [5.41, 5.74) is 3.19. The lowest BCUT2D eigenvalue weighted by Crippen LogP contribution is -2.03. The summed E-state index contributed by atoms with van der Waals surface area (Å²) < 4.78 is 7.50. The van der Waals surface area contributed by atoms with Crippen LogP contribution in [-0.4, -0.2) is 10.4 Å². The Balaban J connectivity index is 2.23. The molecule has 4 heteroatoms. The van der Waals surface area contributed by atoms with Crippen molar-refractivity contribution in [3.63, 3.8) is 0 Å². The molecular weight excluding hydrogens is 286 g/mol. The van der Waals surface area contributed by atoms with Gasteiger partial charge in [0.15, 0.2) is 5.78 Å². The average Bonchev–Trinajstić information content (AvgIpc) is 2.88. The molecule has 3 rings (SSSR count). The fraction of sp³-hybridized carbons (Fsp3) is 0.235. The van der Waals surface area contributed by atoms with E-state index in [0.29, 0.717) is 21.9 Å². The Bertz CT molecular complexity index is 871. The Morgan fingerprint density at radius 1 is 1.19 bits per heavy atom. The van der Waals surface area contributed by atoms with Gasteiger partial charge in [-0.2, -0.15) is 0 Å². The lowest BCUT2D eigenvalue weighted by Gasteiger charge is -2.00. The van der Waals surface area contributed by atoms with Crippen LogP contribution in [0.5, 0.6) is 0 Å². The zero-order valence-electron chi connectivity index (χ0n) is 12.5. The molecule has 3 nitrogen and oxygen atoms in total. The first-order valence-electron chi connectivity index (χ1n) is 6.76. The number of ketones is 1. The molecule has 0 aliphatic carbocycles. The first-order chi connectivity index (χ1) is 9.90. The number of fused-ring (bicyclic) bond motifs is 1. The molecule has 0 saturated carbocycles. The van der Waals surface area contributed by atoms with Crippen molar-refractivity contribution in [3.8, 4) is 0 Å². The van der Waals surface area contributed by atoms with Gasteiger partial charge in [-0.3, -0.25) is 4.79 Å². The summed E-state index contributed by atoms with van der Waals surface area (Å²) in [5.74, 6) is 1.45. The number of carbonyl (C=O) groups is 1. The zero-order chi connectivity index (χ0) is 15.3. The molecule has 0 unspecified atom stereocenters. The molecule has 3 aromatic rings. The SMILES string of the molecule is Cc1oc(C)c(C(=O)c2cn(C)c3cc(Cl)ccc23)c1C. The van der Waals surface area contributed by atoms with E-state index in [9.17, 15) is 4.79 Å². The Morgan fingerprint density at radius 2 is 1.90 bits per heavy atom. The van der Waals surface area contributed by atoms with Gasteiger partial charge in [0.2, 0.25) is 0 Å². The van der Waals surface area contributed by atoms with E-state index >= 15 is 0 Å². The maximum Gasteiger partial charge on any atom is 0.198 e. The molecule has 0 N–H and O–H groups in total. The van der Waals surface area contributed by atoms with E-state index in [-0.39, 0.29) is 5.78 Å². The van der Waals surface area contributed by atoms with Crippen LogP contribution in [0, 0.1) is 20.8 Å². The van der Waals surface area contributed by atoms with Crippen molar-refractivity contribution in [2.45, 2.75) is 20.8 Å². The predicted octanol–water partition coefficient (Wildman–Crippen LogP) is 4.58. The van der Waals surface area contributed by atoms with Gasteiger partial charge >= 0.3 is 0 Å². The van der Waals surface area contributed by atoms with Gasteiger partial charge in [-0.1, -0.05) is 17.7 Å². The molecule has 0 radical (unpaired) electrons. The van der Waals surface area contributed by atoms with Crippen molar-refractivity contribution in [1.82, 2.24) is 4.57 Å². The van der Waals surface area contributed by atoms with E-state index in [1.54, 1.807) is 6.07 Å². The first kappa shape index (κ1) is 14.0. The second-order valence-corrected chi connectivity index (χ2v) is 5.80. The molecule has 108 valence electrons. The monoisotopic (exact) mass is 301 g/mol. The number of aryl methyl sites for hydroxylation is 3. The molecule has 0 fully saturated rings. The van der Waals surface area contributed by atoms with Crippen LogP contribution >= 0.6 is 11.6 Å². The van der Waals surface area contributed by atoms with E-state index in [1.165, 1.54) is 0 Å². The van der Waals surface area contributed by atoms with Gasteiger partial charge in [0, 0.05) is 40.3 Å². The van der Waals surface area contributed by atoms with Crippen molar-refractivity contribution in [3.05, 3.63) is 57.6 Å². The third-order valence-corrected chi connectivity index (χ3v) is 4.22. The van der Waals surface area contributed by atoms with Crippen LogP contribution in [0.4, 0.5) is 0 Å². The topological polar surface area (TPSA) is 35.1 Å². The fourth-order valence-electron chi connectivity index (χ4n) is 2.80. The van der Waals surface area contributed by atoms with Crippen LogP contribution in [0.25, 0.3) is 10.9 Å². The van der Waals surface area contributed by atoms with Crippen LogP contribution in [0.15, 0.2) is 28.8 Å².